The topological polar surface area (TPSA) is 86.2 Å². The third kappa shape index (κ3) is 1.36. The van der Waals surface area contributed by atoms with Crippen molar-refractivity contribution in [2.75, 3.05) is 0 Å². The predicted molar refractivity (Wildman–Crippen MR) is 54.6 cm³/mol. The Kier molecular flexibility index (Phi) is 2.18. The molecule has 84 valence electrons. The van der Waals surface area contributed by atoms with Gasteiger partial charge in [0.05, 0.1) is 0 Å². The fourth-order valence-electron chi connectivity index (χ4n) is 2.03. The summed E-state index contributed by atoms with van der Waals surface area (Å²) in [5, 5.41) is 0. The van der Waals surface area contributed by atoms with E-state index in [9.17, 15) is 14.0 Å². The Bertz CT molecular complexity index is 442. The van der Waals surface area contributed by atoms with Gasteiger partial charge < -0.3 is 11.5 Å². The Labute approximate surface area is 91.4 Å². The second-order valence-electron chi connectivity index (χ2n) is 4.01. The molecule has 0 saturated heterocycles. The third-order valence-corrected chi connectivity index (χ3v) is 3.11. The monoisotopic (exact) mass is 222 g/mol. The van der Waals surface area contributed by atoms with Gasteiger partial charge in [0.25, 0.3) is 0 Å². The quantitative estimate of drug-likeness (QED) is 0.719. The van der Waals surface area contributed by atoms with E-state index in [0.29, 0.717) is 12.0 Å². The number of amides is 2. The summed E-state index contributed by atoms with van der Waals surface area (Å²) in [6, 6.07) is 5.63. The van der Waals surface area contributed by atoms with Gasteiger partial charge in [0.1, 0.15) is 11.2 Å². The van der Waals surface area contributed by atoms with Crippen LogP contribution in [0.15, 0.2) is 24.3 Å². The Morgan fingerprint density at radius 3 is 2.06 bits per heavy atom. The number of nitrogens with two attached hydrogens (primary N) is 2. The number of rotatable bonds is 3. The van der Waals surface area contributed by atoms with Crippen LogP contribution >= 0.6 is 0 Å². The summed E-state index contributed by atoms with van der Waals surface area (Å²) >= 11 is 0. The lowest BCUT2D eigenvalue weighted by Crippen LogP contribution is -2.38. The SMILES string of the molecule is NC(=O)C1(C(N)=O)CC1c1ccc(F)cc1. The first kappa shape index (κ1) is 10.6. The molecular weight excluding hydrogens is 211 g/mol. The van der Waals surface area contributed by atoms with Crippen LogP contribution in [0.1, 0.15) is 17.9 Å². The smallest absolute Gasteiger partial charge is 0.233 e. The Morgan fingerprint density at radius 2 is 1.69 bits per heavy atom. The van der Waals surface area contributed by atoms with E-state index >= 15 is 0 Å². The summed E-state index contributed by atoms with van der Waals surface area (Å²) in [5.74, 6) is -2.11. The van der Waals surface area contributed by atoms with E-state index in [0.717, 1.165) is 0 Å². The molecule has 0 heterocycles. The minimum absolute atomic E-state index is 0.309. The van der Waals surface area contributed by atoms with Crippen molar-refractivity contribution in [3.8, 4) is 0 Å². The highest BCUT2D eigenvalue weighted by Crippen LogP contribution is 2.58. The lowest BCUT2D eigenvalue weighted by molar-refractivity contribution is -0.133. The van der Waals surface area contributed by atoms with Crippen molar-refractivity contribution in [1.29, 1.82) is 0 Å². The molecule has 0 radical (unpaired) electrons. The molecule has 4 nitrogen and oxygen atoms in total. The van der Waals surface area contributed by atoms with E-state index in [1.807, 2.05) is 0 Å². The van der Waals surface area contributed by atoms with Crippen LogP contribution in [0.3, 0.4) is 0 Å². The molecule has 1 unspecified atom stereocenters. The van der Waals surface area contributed by atoms with Gasteiger partial charge in [0.2, 0.25) is 11.8 Å². The molecule has 1 aliphatic carbocycles. The van der Waals surface area contributed by atoms with Gasteiger partial charge in [-0.05, 0) is 24.1 Å². The van der Waals surface area contributed by atoms with E-state index in [1.165, 1.54) is 24.3 Å². The molecule has 5 heteroatoms. The van der Waals surface area contributed by atoms with Crippen molar-refractivity contribution in [1.82, 2.24) is 0 Å². The lowest BCUT2D eigenvalue weighted by Gasteiger charge is -2.08. The number of hydrogen-bond acceptors (Lipinski definition) is 2. The second-order valence-corrected chi connectivity index (χ2v) is 4.01. The van der Waals surface area contributed by atoms with Gasteiger partial charge in [-0.3, -0.25) is 9.59 Å². The number of benzene rings is 1. The maximum atomic E-state index is 12.7. The number of hydrogen-bond donors (Lipinski definition) is 2. The molecule has 0 aromatic heterocycles. The zero-order chi connectivity index (χ0) is 11.9. The summed E-state index contributed by atoms with van der Waals surface area (Å²) in [4.78, 5) is 22.4. The fourth-order valence-corrected chi connectivity index (χ4v) is 2.03. The molecule has 0 spiro atoms. The number of carbonyl (C=O) groups is 2. The van der Waals surface area contributed by atoms with E-state index in [1.54, 1.807) is 0 Å². The zero-order valence-corrected chi connectivity index (χ0v) is 8.44. The second kappa shape index (κ2) is 3.30. The van der Waals surface area contributed by atoms with E-state index in [4.69, 9.17) is 11.5 Å². The van der Waals surface area contributed by atoms with E-state index < -0.39 is 17.2 Å². The van der Waals surface area contributed by atoms with E-state index in [2.05, 4.69) is 0 Å². The standard InChI is InChI=1S/C11H11FN2O2/c12-7-3-1-6(2-4-7)8-5-11(8,9(13)15)10(14)16/h1-4,8H,5H2,(H2,13,15)(H2,14,16). The van der Waals surface area contributed by atoms with Crippen LogP contribution in [0.4, 0.5) is 4.39 Å². The first-order valence-electron chi connectivity index (χ1n) is 4.84. The summed E-state index contributed by atoms with van der Waals surface area (Å²) in [6.07, 6.45) is 0.309. The van der Waals surface area contributed by atoms with Crippen molar-refractivity contribution in [2.24, 2.45) is 16.9 Å². The molecule has 4 N–H and O–H groups in total. The number of carbonyl (C=O) groups excluding carboxylic acids is 2. The van der Waals surface area contributed by atoms with Crippen LogP contribution in [-0.4, -0.2) is 11.8 Å². The minimum Gasteiger partial charge on any atom is -0.369 e. The Balaban J connectivity index is 2.30. The average molecular weight is 222 g/mol. The van der Waals surface area contributed by atoms with Crippen LogP contribution in [0.2, 0.25) is 0 Å². The minimum atomic E-state index is -1.28. The molecule has 1 aromatic rings. The molecule has 1 atom stereocenters. The fraction of sp³-hybridized carbons (Fsp3) is 0.273. The predicted octanol–water partition coefficient (Wildman–Crippen LogP) is 0.270. The molecule has 2 amide bonds. The molecular formula is C11H11FN2O2. The molecule has 0 aliphatic heterocycles. The van der Waals surface area contributed by atoms with Gasteiger partial charge in [0, 0.05) is 5.92 Å². The molecule has 1 saturated carbocycles. The van der Waals surface area contributed by atoms with E-state index in [-0.39, 0.29) is 11.7 Å². The zero-order valence-electron chi connectivity index (χ0n) is 8.44. The summed E-state index contributed by atoms with van der Waals surface area (Å²) in [5.41, 5.74) is 9.78. The number of primary amides is 2. The molecule has 1 aromatic carbocycles. The third-order valence-electron chi connectivity index (χ3n) is 3.11. The van der Waals surface area contributed by atoms with Crippen molar-refractivity contribution < 1.29 is 14.0 Å². The average Bonchev–Trinajstić information content (AvgIpc) is 2.95. The van der Waals surface area contributed by atoms with Gasteiger partial charge >= 0.3 is 0 Å². The largest absolute Gasteiger partial charge is 0.369 e. The molecule has 16 heavy (non-hydrogen) atoms. The van der Waals surface area contributed by atoms with Gasteiger partial charge in [-0.2, -0.15) is 0 Å². The summed E-state index contributed by atoms with van der Waals surface area (Å²) in [7, 11) is 0. The molecule has 0 bridgehead atoms. The normalized spacial score (nSPS) is 21.4. The van der Waals surface area contributed by atoms with Crippen LogP contribution in [0, 0.1) is 11.2 Å². The number of halogens is 1. The first-order chi connectivity index (χ1) is 7.48. The van der Waals surface area contributed by atoms with Crippen molar-refractivity contribution >= 4 is 11.8 Å². The van der Waals surface area contributed by atoms with Crippen molar-refractivity contribution in [2.45, 2.75) is 12.3 Å². The lowest BCUT2D eigenvalue weighted by atomic mass is 9.98. The van der Waals surface area contributed by atoms with Crippen LogP contribution in [0.5, 0.6) is 0 Å². The highest BCUT2D eigenvalue weighted by atomic mass is 19.1. The van der Waals surface area contributed by atoms with Crippen LogP contribution in [0.25, 0.3) is 0 Å². The van der Waals surface area contributed by atoms with Crippen molar-refractivity contribution in [3.63, 3.8) is 0 Å². The highest BCUT2D eigenvalue weighted by molar-refractivity contribution is 6.08. The summed E-state index contributed by atoms with van der Waals surface area (Å²) < 4.78 is 12.7. The molecule has 2 rings (SSSR count). The first-order valence-corrected chi connectivity index (χ1v) is 4.84. The van der Waals surface area contributed by atoms with Crippen LogP contribution < -0.4 is 11.5 Å². The maximum absolute atomic E-state index is 12.7. The van der Waals surface area contributed by atoms with Gasteiger partial charge in [-0.15, -0.1) is 0 Å². The highest BCUT2D eigenvalue weighted by Gasteiger charge is 2.64. The molecule has 1 aliphatic rings. The van der Waals surface area contributed by atoms with Gasteiger partial charge in [-0.1, -0.05) is 12.1 Å². The van der Waals surface area contributed by atoms with Crippen LogP contribution in [-0.2, 0) is 9.59 Å². The summed E-state index contributed by atoms with van der Waals surface area (Å²) in [6.45, 7) is 0. The van der Waals surface area contributed by atoms with Gasteiger partial charge in [0.15, 0.2) is 0 Å². The Morgan fingerprint density at radius 1 is 1.19 bits per heavy atom. The van der Waals surface area contributed by atoms with Crippen molar-refractivity contribution in [3.05, 3.63) is 35.6 Å². The van der Waals surface area contributed by atoms with Gasteiger partial charge in [-0.25, -0.2) is 4.39 Å². The Hall–Kier alpha value is -1.91. The maximum Gasteiger partial charge on any atom is 0.233 e. The molecule has 1 fully saturated rings.